The number of hydrogen-bond acceptors (Lipinski definition) is 0. The summed E-state index contributed by atoms with van der Waals surface area (Å²) in [5.74, 6) is 2.25. The molecule has 3 heteroatoms. The average molecular weight is 193 g/mol. The maximum Gasteiger partial charge on any atom is 0.184 e. The van der Waals surface area contributed by atoms with Crippen molar-refractivity contribution in [2.45, 2.75) is 0 Å². The zero-order chi connectivity index (χ0) is 4.12. The SMILES string of the molecule is [B]C#C[P-]I. The van der Waals surface area contributed by atoms with Gasteiger partial charge >= 0.3 is 0 Å². The van der Waals surface area contributed by atoms with Crippen LogP contribution >= 0.6 is 28.3 Å². The summed E-state index contributed by atoms with van der Waals surface area (Å²) in [4.78, 5) is 0. The van der Waals surface area contributed by atoms with Gasteiger partial charge < -0.3 is 28.3 Å². The Hall–Kier alpha value is 0.785. The van der Waals surface area contributed by atoms with Crippen LogP contribution in [0.1, 0.15) is 0 Å². The van der Waals surface area contributed by atoms with E-state index in [1.165, 1.54) is 0 Å². The number of rotatable bonds is 0. The van der Waals surface area contributed by atoms with Crippen LogP contribution in [-0.4, -0.2) is 7.85 Å². The maximum atomic E-state index is 4.77. The lowest BCUT2D eigenvalue weighted by Gasteiger charge is -1.83. The van der Waals surface area contributed by atoms with Gasteiger partial charge in [-0.15, -0.1) is 0 Å². The van der Waals surface area contributed by atoms with Crippen LogP contribution in [0.2, 0.25) is 0 Å². The van der Waals surface area contributed by atoms with Crippen LogP contribution in [-0.2, 0) is 0 Å². The summed E-state index contributed by atoms with van der Waals surface area (Å²) in [5.41, 5.74) is 2.60. The molecule has 0 aromatic rings. The second-order valence-corrected chi connectivity index (χ2v) is 2.18. The summed E-state index contributed by atoms with van der Waals surface area (Å²) < 4.78 is 0. The van der Waals surface area contributed by atoms with E-state index in [2.05, 4.69) is 33.5 Å². The van der Waals surface area contributed by atoms with Gasteiger partial charge in [0.15, 0.2) is 7.85 Å². The summed E-state index contributed by atoms with van der Waals surface area (Å²) in [5, 5.41) is 0. The largest absolute Gasteiger partial charge is 0.379 e. The van der Waals surface area contributed by atoms with Crippen molar-refractivity contribution in [3.63, 3.8) is 0 Å². The van der Waals surface area contributed by atoms with E-state index in [0.717, 1.165) is 6.22 Å². The lowest BCUT2D eigenvalue weighted by Crippen LogP contribution is -1.39. The molecule has 0 atom stereocenters. The Bertz CT molecular complexity index is 61.8. The molecule has 0 aromatic heterocycles. The Morgan fingerprint density at radius 3 is 2.40 bits per heavy atom. The second kappa shape index (κ2) is 4.78. The van der Waals surface area contributed by atoms with Gasteiger partial charge in [-0.25, -0.2) is 5.82 Å². The number of halogens is 1. The van der Waals surface area contributed by atoms with E-state index in [4.69, 9.17) is 7.85 Å². The quantitative estimate of drug-likeness (QED) is 0.236. The molecular weight excluding hydrogens is 193 g/mol. The molecular formula is C2BIP-. The third kappa shape index (κ3) is 4.78. The third-order valence-electron chi connectivity index (χ3n) is 0.107. The highest BCUT2D eigenvalue weighted by Gasteiger charge is 1.28. The normalized spacial score (nSPS) is 7.40. The molecule has 0 aromatic carbocycles. The fourth-order valence-electron chi connectivity index (χ4n) is 0.0244. The van der Waals surface area contributed by atoms with Crippen molar-refractivity contribution in [1.29, 1.82) is 0 Å². The molecule has 0 bridgehead atoms. The van der Waals surface area contributed by atoms with Crippen molar-refractivity contribution in [2.75, 3.05) is 0 Å². The molecule has 0 saturated carbocycles. The fourth-order valence-corrected chi connectivity index (χ4v) is 0.491. The molecule has 0 fully saturated rings. The van der Waals surface area contributed by atoms with E-state index < -0.39 is 0 Å². The second-order valence-electron chi connectivity index (χ2n) is 0.341. The average Bonchev–Trinajstić information content (AvgIpc) is 1.41. The minimum absolute atomic E-state index is 1.01. The summed E-state index contributed by atoms with van der Waals surface area (Å²) in [6.07, 6.45) is 1.01. The predicted octanol–water partition coefficient (Wildman–Crippen LogP) is 1.37. The Balaban J connectivity index is 2.81. The Morgan fingerprint density at radius 2 is 2.40 bits per heavy atom. The van der Waals surface area contributed by atoms with Crippen molar-refractivity contribution >= 4 is 36.1 Å². The zero-order valence-electron chi connectivity index (χ0n) is 2.40. The van der Waals surface area contributed by atoms with Crippen LogP contribution in [0.15, 0.2) is 0 Å². The summed E-state index contributed by atoms with van der Waals surface area (Å²) in [6.45, 7) is 0. The van der Waals surface area contributed by atoms with Crippen molar-refractivity contribution < 1.29 is 0 Å². The zero-order valence-corrected chi connectivity index (χ0v) is 5.45. The van der Waals surface area contributed by atoms with Gasteiger partial charge in [0, 0.05) is 0 Å². The Kier molecular flexibility index (Phi) is 5.54. The van der Waals surface area contributed by atoms with E-state index in [1.807, 2.05) is 0 Å². The van der Waals surface area contributed by atoms with E-state index in [-0.39, 0.29) is 0 Å². The first kappa shape index (κ1) is 5.78. The van der Waals surface area contributed by atoms with Gasteiger partial charge in [0.05, 0.1) is 0 Å². The molecule has 0 saturated heterocycles. The highest BCUT2D eigenvalue weighted by atomic mass is 127. The van der Waals surface area contributed by atoms with Crippen molar-refractivity contribution in [3.05, 3.63) is 0 Å². The summed E-state index contributed by atoms with van der Waals surface area (Å²) >= 11 is 2.11. The first-order chi connectivity index (χ1) is 2.41. The van der Waals surface area contributed by atoms with Crippen LogP contribution in [0.25, 0.3) is 0 Å². The highest BCUT2D eigenvalue weighted by Crippen LogP contribution is 2.16. The number of hydrogen-bond donors (Lipinski definition) is 0. The predicted molar refractivity (Wildman–Crippen MR) is 34.5 cm³/mol. The molecule has 0 unspecified atom stereocenters. The van der Waals surface area contributed by atoms with Crippen LogP contribution in [0, 0.1) is 11.5 Å². The summed E-state index contributed by atoms with van der Waals surface area (Å²) in [7, 11) is 4.77. The monoisotopic (exact) mass is 193 g/mol. The van der Waals surface area contributed by atoms with Gasteiger partial charge in [-0.1, -0.05) is 0 Å². The molecule has 5 heavy (non-hydrogen) atoms. The van der Waals surface area contributed by atoms with E-state index in [9.17, 15) is 0 Å². The van der Waals surface area contributed by atoms with E-state index in [0.29, 0.717) is 0 Å². The third-order valence-corrected chi connectivity index (χ3v) is 1.04. The van der Waals surface area contributed by atoms with Gasteiger partial charge in [0.1, 0.15) is 0 Å². The standard InChI is InChI=1S/C2BIP/c3-1-2-5-4/q-1. The first-order valence-electron chi connectivity index (χ1n) is 0.931. The topological polar surface area (TPSA) is 0 Å². The molecule has 0 amide bonds. The molecule has 2 radical (unpaired) electrons. The first-order valence-corrected chi connectivity index (χ1v) is 4.61. The van der Waals surface area contributed by atoms with Gasteiger partial charge in [-0.2, -0.15) is 0 Å². The fraction of sp³-hybridized carbons (Fsp3) is 0. The lowest BCUT2D eigenvalue weighted by atomic mass is 10.2. The minimum Gasteiger partial charge on any atom is -0.379 e. The highest BCUT2D eigenvalue weighted by molar-refractivity contribution is 14.2. The smallest absolute Gasteiger partial charge is 0.184 e. The van der Waals surface area contributed by atoms with Crippen molar-refractivity contribution in [2.24, 2.45) is 0 Å². The van der Waals surface area contributed by atoms with Crippen LogP contribution in [0.5, 0.6) is 0 Å². The van der Waals surface area contributed by atoms with Crippen LogP contribution in [0.3, 0.4) is 0 Å². The molecule has 0 nitrogen and oxygen atoms in total. The molecule has 0 rings (SSSR count). The molecule has 0 N–H and O–H groups in total. The van der Waals surface area contributed by atoms with E-state index in [1.54, 1.807) is 0 Å². The van der Waals surface area contributed by atoms with Crippen molar-refractivity contribution in [1.82, 2.24) is 0 Å². The molecule has 0 spiro atoms. The maximum absolute atomic E-state index is 4.77. The molecule has 0 aliphatic carbocycles. The summed E-state index contributed by atoms with van der Waals surface area (Å²) in [6, 6.07) is 0. The Morgan fingerprint density at radius 1 is 1.80 bits per heavy atom. The van der Waals surface area contributed by atoms with Crippen molar-refractivity contribution in [3.8, 4) is 11.5 Å². The molecule has 0 heterocycles. The molecule has 24 valence electrons. The van der Waals surface area contributed by atoms with Crippen LogP contribution < -0.4 is 0 Å². The molecule has 0 aliphatic heterocycles. The van der Waals surface area contributed by atoms with Crippen LogP contribution in [0.4, 0.5) is 0 Å². The molecule has 0 aliphatic rings. The lowest BCUT2D eigenvalue weighted by molar-refractivity contribution is 3.00. The minimum atomic E-state index is 1.01. The van der Waals surface area contributed by atoms with E-state index >= 15 is 0 Å². The van der Waals surface area contributed by atoms with Gasteiger partial charge in [0.2, 0.25) is 0 Å². The van der Waals surface area contributed by atoms with Gasteiger partial charge in [0.25, 0.3) is 0 Å². The Labute approximate surface area is 47.8 Å². The van der Waals surface area contributed by atoms with Gasteiger partial charge in [-0.05, 0) is 0 Å². The van der Waals surface area contributed by atoms with Gasteiger partial charge in [-0.3, -0.25) is 5.66 Å².